The van der Waals surface area contributed by atoms with Gasteiger partial charge in [-0.15, -0.1) is 11.3 Å². The highest BCUT2D eigenvalue weighted by Crippen LogP contribution is 2.35. The average Bonchev–Trinajstić information content (AvgIpc) is 3.14. The molecular weight excluding hydrogens is 266 g/mol. The number of nitrogens with zero attached hydrogens (tertiary/aromatic N) is 1. The number of aromatic nitrogens is 1. The molecule has 0 unspecified atom stereocenters. The molecule has 20 heavy (non-hydrogen) atoms. The summed E-state index contributed by atoms with van der Waals surface area (Å²) < 4.78 is 5.80. The highest BCUT2D eigenvalue weighted by Gasteiger charge is 2.11. The normalized spacial score (nSPS) is 11.0. The zero-order chi connectivity index (χ0) is 13.4. The number of benzene rings is 2. The molecule has 0 spiro atoms. The fourth-order valence-electron chi connectivity index (χ4n) is 2.19. The van der Waals surface area contributed by atoms with Gasteiger partial charge in [-0.05, 0) is 29.8 Å². The zero-order valence-corrected chi connectivity index (χ0v) is 11.4. The Morgan fingerprint density at radius 3 is 2.35 bits per heavy atom. The molecule has 0 atom stereocenters. The van der Waals surface area contributed by atoms with E-state index in [4.69, 9.17) is 4.42 Å². The Kier molecular flexibility index (Phi) is 2.64. The Hall–Kier alpha value is -2.39. The first-order valence-corrected chi connectivity index (χ1v) is 7.23. The lowest BCUT2D eigenvalue weighted by Crippen LogP contribution is -1.69. The van der Waals surface area contributed by atoms with E-state index in [1.54, 1.807) is 11.3 Å². The Balaban J connectivity index is 1.78. The molecule has 3 heteroatoms. The number of fused-ring (bicyclic) bond motifs is 1. The largest absolute Gasteiger partial charge is 0.435 e. The van der Waals surface area contributed by atoms with Crippen molar-refractivity contribution in [3.05, 3.63) is 66.7 Å². The molecule has 0 aliphatic heterocycles. The Labute approximate surface area is 120 Å². The average molecular weight is 277 g/mol. The van der Waals surface area contributed by atoms with E-state index < -0.39 is 0 Å². The number of rotatable bonds is 2. The van der Waals surface area contributed by atoms with E-state index in [2.05, 4.69) is 29.2 Å². The van der Waals surface area contributed by atoms with Gasteiger partial charge in [0.25, 0.3) is 0 Å². The fourth-order valence-corrected chi connectivity index (χ4v) is 3.13. The molecule has 2 nitrogen and oxygen atoms in total. The summed E-state index contributed by atoms with van der Waals surface area (Å²) in [4.78, 5) is 6.81. The molecule has 2 aromatic carbocycles. The van der Waals surface area contributed by atoms with Crippen LogP contribution in [0.4, 0.5) is 0 Å². The number of oxazole rings is 1. The minimum atomic E-state index is 0.693. The van der Waals surface area contributed by atoms with Crippen molar-refractivity contribution in [2.45, 2.75) is 0 Å². The van der Waals surface area contributed by atoms with E-state index in [9.17, 15) is 0 Å². The lowest BCUT2D eigenvalue weighted by atomic mass is 10.2. The SMILES string of the molecule is c1ccc(-c2ccc(-c3nc4ccccc4o3)s2)cc1. The lowest BCUT2D eigenvalue weighted by Gasteiger charge is -1.94. The van der Waals surface area contributed by atoms with Crippen LogP contribution >= 0.6 is 11.3 Å². The number of hydrogen-bond donors (Lipinski definition) is 0. The predicted molar refractivity (Wildman–Crippen MR) is 82.8 cm³/mol. The van der Waals surface area contributed by atoms with E-state index in [0.29, 0.717) is 5.89 Å². The Bertz CT molecular complexity index is 828. The summed E-state index contributed by atoms with van der Waals surface area (Å²) in [6.07, 6.45) is 0. The van der Waals surface area contributed by atoms with E-state index >= 15 is 0 Å². The molecule has 0 bridgehead atoms. The van der Waals surface area contributed by atoms with E-state index in [0.717, 1.165) is 16.0 Å². The molecule has 0 radical (unpaired) electrons. The van der Waals surface area contributed by atoms with Gasteiger partial charge in [-0.2, -0.15) is 0 Å². The van der Waals surface area contributed by atoms with Crippen LogP contribution in [0.25, 0.3) is 32.3 Å². The fraction of sp³-hybridized carbons (Fsp3) is 0. The van der Waals surface area contributed by atoms with Gasteiger partial charge < -0.3 is 4.42 Å². The van der Waals surface area contributed by atoms with Crippen LogP contribution in [-0.2, 0) is 0 Å². The maximum Gasteiger partial charge on any atom is 0.237 e. The molecule has 0 aliphatic carbocycles. The van der Waals surface area contributed by atoms with E-state index in [1.165, 1.54) is 10.4 Å². The monoisotopic (exact) mass is 277 g/mol. The van der Waals surface area contributed by atoms with Crippen molar-refractivity contribution < 1.29 is 4.42 Å². The van der Waals surface area contributed by atoms with Crippen molar-refractivity contribution in [2.75, 3.05) is 0 Å². The standard InChI is InChI=1S/C17H11NOS/c1-2-6-12(7-3-1)15-10-11-16(20-15)17-18-13-8-4-5-9-14(13)19-17/h1-11H. The summed E-state index contributed by atoms with van der Waals surface area (Å²) in [5.41, 5.74) is 2.95. The van der Waals surface area contributed by atoms with Gasteiger partial charge >= 0.3 is 0 Å². The summed E-state index contributed by atoms with van der Waals surface area (Å²) in [5, 5.41) is 0. The van der Waals surface area contributed by atoms with Gasteiger partial charge in [0.1, 0.15) is 5.52 Å². The molecule has 0 saturated heterocycles. The van der Waals surface area contributed by atoms with Crippen molar-refractivity contribution >= 4 is 22.4 Å². The highest BCUT2D eigenvalue weighted by atomic mass is 32.1. The minimum Gasteiger partial charge on any atom is -0.435 e. The van der Waals surface area contributed by atoms with Gasteiger partial charge in [-0.1, -0.05) is 42.5 Å². The molecule has 2 aromatic heterocycles. The second kappa shape index (κ2) is 4.62. The van der Waals surface area contributed by atoms with Crippen LogP contribution in [0.5, 0.6) is 0 Å². The topological polar surface area (TPSA) is 26.0 Å². The second-order valence-electron chi connectivity index (χ2n) is 4.52. The second-order valence-corrected chi connectivity index (χ2v) is 5.60. The number of hydrogen-bond acceptors (Lipinski definition) is 3. The molecule has 0 N–H and O–H groups in total. The van der Waals surface area contributed by atoms with Crippen molar-refractivity contribution in [1.29, 1.82) is 0 Å². The molecule has 0 saturated carbocycles. The van der Waals surface area contributed by atoms with Crippen LogP contribution in [0.3, 0.4) is 0 Å². The summed E-state index contributed by atoms with van der Waals surface area (Å²) in [6, 6.07) is 22.4. The van der Waals surface area contributed by atoms with Gasteiger partial charge in [0, 0.05) is 4.88 Å². The first-order chi connectivity index (χ1) is 9.90. The van der Waals surface area contributed by atoms with Gasteiger partial charge in [0.05, 0.1) is 4.88 Å². The molecule has 0 fully saturated rings. The third-order valence-corrected chi connectivity index (χ3v) is 4.29. The molecule has 0 amide bonds. The first kappa shape index (κ1) is 11.4. The molecule has 2 heterocycles. The molecule has 4 rings (SSSR count). The van der Waals surface area contributed by atoms with Crippen molar-refractivity contribution in [3.8, 4) is 21.2 Å². The molecule has 0 aliphatic rings. The maximum atomic E-state index is 5.80. The third kappa shape index (κ3) is 1.92. The minimum absolute atomic E-state index is 0.693. The van der Waals surface area contributed by atoms with Crippen LogP contribution in [-0.4, -0.2) is 4.98 Å². The summed E-state index contributed by atoms with van der Waals surface area (Å²) in [7, 11) is 0. The summed E-state index contributed by atoms with van der Waals surface area (Å²) >= 11 is 1.70. The summed E-state index contributed by atoms with van der Waals surface area (Å²) in [6.45, 7) is 0. The molecule has 4 aromatic rings. The maximum absolute atomic E-state index is 5.80. The highest BCUT2D eigenvalue weighted by molar-refractivity contribution is 7.18. The molecule has 96 valence electrons. The van der Waals surface area contributed by atoms with Gasteiger partial charge in [-0.25, -0.2) is 4.98 Å². The summed E-state index contributed by atoms with van der Waals surface area (Å²) in [5.74, 6) is 0.693. The van der Waals surface area contributed by atoms with Crippen LogP contribution < -0.4 is 0 Å². The van der Waals surface area contributed by atoms with E-state index in [-0.39, 0.29) is 0 Å². The van der Waals surface area contributed by atoms with Gasteiger partial charge in [0.2, 0.25) is 5.89 Å². The van der Waals surface area contributed by atoms with Crippen LogP contribution in [0.2, 0.25) is 0 Å². The van der Waals surface area contributed by atoms with Crippen LogP contribution in [0, 0.1) is 0 Å². The van der Waals surface area contributed by atoms with Gasteiger partial charge in [-0.3, -0.25) is 0 Å². The Morgan fingerprint density at radius 1 is 0.750 bits per heavy atom. The quantitative estimate of drug-likeness (QED) is 0.502. The predicted octanol–water partition coefficient (Wildman–Crippen LogP) is 5.22. The lowest BCUT2D eigenvalue weighted by molar-refractivity contribution is 0.621. The van der Waals surface area contributed by atoms with Crippen LogP contribution in [0.1, 0.15) is 0 Å². The smallest absolute Gasteiger partial charge is 0.237 e. The van der Waals surface area contributed by atoms with Gasteiger partial charge in [0.15, 0.2) is 5.58 Å². The van der Waals surface area contributed by atoms with Crippen molar-refractivity contribution in [3.63, 3.8) is 0 Å². The molecular formula is C17H11NOS. The van der Waals surface area contributed by atoms with Crippen LogP contribution in [0.15, 0.2) is 71.1 Å². The van der Waals surface area contributed by atoms with Crippen molar-refractivity contribution in [1.82, 2.24) is 4.98 Å². The zero-order valence-electron chi connectivity index (χ0n) is 10.6. The number of thiophene rings is 1. The number of para-hydroxylation sites is 2. The first-order valence-electron chi connectivity index (χ1n) is 6.41. The Morgan fingerprint density at radius 2 is 1.50 bits per heavy atom. The van der Waals surface area contributed by atoms with Crippen molar-refractivity contribution in [2.24, 2.45) is 0 Å². The van der Waals surface area contributed by atoms with E-state index in [1.807, 2.05) is 42.5 Å². The third-order valence-electron chi connectivity index (χ3n) is 3.17.